The van der Waals surface area contributed by atoms with E-state index in [1.54, 1.807) is 26.0 Å². The van der Waals surface area contributed by atoms with Crippen LogP contribution in [-0.4, -0.2) is 25.9 Å². The third-order valence-corrected chi connectivity index (χ3v) is 5.07. The van der Waals surface area contributed by atoms with Crippen molar-refractivity contribution in [2.45, 2.75) is 32.6 Å². The first-order chi connectivity index (χ1) is 12.4. The van der Waals surface area contributed by atoms with E-state index in [4.69, 9.17) is 9.47 Å². The minimum atomic E-state index is -0.158. The van der Waals surface area contributed by atoms with Gasteiger partial charge in [0.05, 0.1) is 26.0 Å². The predicted molar refractivity (Wildman–Crippen MR) is 108 cm³/mol. The maximum atomic E-state index is 12.3. The van der Waals surface area contributed by atoms with Crippen molar-refractivity contribution in [2.24, 2.45) is 0 Å². The van der Waals surface area contributed by atoms with Crippen molar-refractivity contribution in [3.63, 3.8) is 0 Å². The van der Waals surface area contributed by atoms with E-state index >= 15 is 0 Å². The zero-order valence-electron chi connectivity index (χ0n) is 16.1. The summed E-state index contributed by atoms with van der Waals surface area (Å²) >= 11 is 1.62. The van der Waals surface area contributed by atoms with E-state index in [2.05, 4.69) is 37.4 Å². The summed E-state index contributed by atoms with van der Waals surface area (Å²) in [6.07, 6.45) is 0. The number of hydrogen-bond donors (Lipinski definition) is 1. The second-order valence-electron chi connectivity index (χ2n) is 6.39. The summed E-state index contributed by atoms with van der Waals surface area (Å²) in [5, 5.41) is 3.04. The lowest BCUT2D eigenvalue weighted by atomic mass is 10.1. The Labute approximate surface area is 160 Å². The van der Waals surface area contributed by atoms with Crippen LogP contribution in [0, 0.1) is 13.8 Å². The summed E-state index contributed by atoms with van der Waals surface area (Å²) in [4.78, 5) is 12.3. The van der Waals surface area contributed by atoms with Gasteiger partial charge in [0.15, 0.2) is 0 Å². The van der Waals surface area contributed by atoms with E-state index in [1.165, 1.54) is 16.7 Å². The standard InChI is InChI=1S/C21H27NO3S/c1-14-8-15(2)10-17(9-14)12-26-13-21(23)22-16(3)19-11-18(24-4)6-7-20(19)25-5/h6-11,16H,12-13H2,1-5H3,(H,22,23)/t16-/m0/s1. The number of ether oxygens (including phenoxy) is 2. The van der Waals surface area contributed by atoms with Crippen LogP contribution in [0.15, 0.2) is 36.4 Å². The van der Waals surface area contributed by atoms with Gasteiger partial charge in [-0.15, -0.1) is 11.8 Å². The minimum absolute atomic E-state index is 0.0109. The Morgan fingerprint density at radius 2 is 1.77 bits per heavy atom. The highest BCUT2D eigenvalue weighted by molar-refractivity contribution is 7.99. The molecule has 0 saturated carbocycles. The van der Waals surface area contributed by atoms with Gasteiger partial charge in [-0.1, -0.05) is 29.3 Å². The molecule has 0 aliphatic rings. The molecule has 4 nitrogen and oxygen atoms in total. The van der Waals surface area contributed by atoms with Gasteiger partial charge in [0.25, 0.3) is 0 Å². The first-order valence-electron chi connectivity index (χ1n) is 8.59. The second-order valence-corrected chi connectivity index (χ2v) is 7.37. The lowest BCUT2D eigenvalue weighted by Gasteiger charge is -2.18. The molecule has 1 N–H and O–H groups in total. The third-order valence-electron chi connectivity index (χ3n) is 4.06. The maximum absolute atomic E-state index is 12.3. The summed E-state index contributed by atoms with van der Waals surface area (Å²) in [5.41, 5.74) is 4.66. The fraction of sp³-hybridized carbons (Fsp3) is 0.381. The molecule has 5 heteroatoms. The molecule has 0 unspecified atom stereocenters. The summed E-state index contributed by atoms with van der Waals surface area (Å²) in [6, 6.07) is 11.9. The van der Waals surface area contributed by atoms with Crippen LogP contribution in [0.2, 0.25) is 0 Å². The molecular formula is C21H27NO3S. The average Bonchev–Trinajstić information content (AvgIpc) is 2.60. The van der Waals surface area contributed by atoms with Crippen LogP contribution in [0.4, 0.5) is 0 Å². The molecule has 2 rings (SSSR count). The van der Waals surface area contributed by atoms with Crippen LogP contribution in [0.25, 0.3) is 0 Å². The molecule has 26 heavy (non-hydrogen) atoms. The van der Waals surface area contributed by atoms with Crippen molar-refractivity contribution < 1.29 is 14.3 Å². The van der Waals surface area contributed by atoms with E-state index in [0.717, 1.165) is 22.8 Å². The van der Waals surface area contributed by atoms with Crippen molar-refractivity contribution >= 4 is 17.7 Å². The largest absolute Gasteiger partial charge is 0.497 e. The van der Waals surface area contributed by atoms with Gasteiger partial charge in [-0.05, 0) is 44.5 Å². The van der Waals surface area contributed by atoms with Gasteiger partial charge in [-0.2, -0.15) is 0 Å². The van der Waals surface area contributed by atoms with Crippen LogP contribution < -0.4 is 14.8 Å². The molecule has 0 bridgehead atoms. The molecule has 1 amide bonds. The van der Waals surface area contributed by atoms with E-state index in [1.807, 2.05) is 25.1 Å². The van der Waals surface area contributed by atoms with Gasteiger partial charge in [-0.25, -0.2) is 0 Å². The molecule has 0 aliphatic heterocycles. The zero-order chi connectivity index (χ0) is 19.1. The van der Waals surface area contributed by atoms with Gasteiger partial charge in [0.1, 0.15) is 11.5 Å². The molecule has 1 atom stereocenters. The van der Waals surface area contributed by atoms with Crippen molar-refractivity contribution in [3.8, 4) is 11.5 Å². The van der Waals surface area contributed by atoms with E-state index < -0.39 is 0 Å². The number of benzene rings is 2. The first kappa shape index (κ1) is 20.2. The Morgan fingerprint density at radius 3 is 2.38 bits per heavy atom. The summed E-state index contributed by atoms with van der Waals surface area (Å²) in [5.74, 6) is 2.74. The maximum Gasteiger partial charge on any atom is 0.230 e. The zero-order valence-corrected chi connectivity index (χ0v) is 16.9. The number of rotatable bonds is 8. The Bertz CT molecular complexity index is 741. The molecule has 2 aromatic rings. The molecule has 0 spiro atoms. The Morgan fingerprint density at radius 1 is 1.08 bits per heavy atom. The molecule has 0 radical (unpaired) electrons. The number of carbonyl (C=O) groups is 1. The van der Waals surface area contributed by atoms with Crippen molar-refractivity contribution in [2.75, 3.05) is 20.0 Å². The monoisotopic (exact) mass is 373 g/mol. The normalized spacial score (nSPS) is 11.7. The number of carbonyl (C=O) groups excluding carboxylic acids is 1. The number of aryl methyl sites for hydroxylation is 2. The SMILES string of the molecule is COc1ccc(OC)c([C@H](C)NC(=O)CSCc2cc(C)cc(C)c2)c1. The van der Waals surface area contributed by atoms with Crippen LogP contribution in [0.1, 0.15) is 35.2 Å². The first-order valence-corrected chi connectivity index (χ1v) is 9.74. The molecule has 0 aromatic heterocycles. The Balaban J connectivity index is 1.91. The summed E-state index contributed by atoms with van der Waals surface area (Å²) < 4.78 is 10.7. The minimum Gasteiger partial charge on any atom is -0.497 e. The molecular weight excluding hydrogens is 346 g/mol. The van der Waals surface area contributed by atoms with Crippen LogP contribution in [0.3, 0.4) is 0 Å². The van der Waals surface area contributed by atoms with Crippen LogP contribution in [-0.2, 0) is 10.5 Å². The molecule has 0 heterocycles. The highest BCUT2D eigenvalue weighted by atomic mass is 32.2. The molecule has 0 fully saturated rings. The van der Waals surface area contributed by atoms with Gasteiger partial charge in [0.2, 0.25) is 5.91 Å². The number of thioether (sulfide) groups is 1. The molecule has 2 aromatic carbocycles. The van der Waals surface area contributed by atoms with Crippen LogP contribution in [0.5, 0.6) is 11.5 Å². The fourth-order valence-electron chi connectivity index (χ4n) is 2.95. The van der Waals surface area contributed by atoms with Gasteiger partial charge in [-0.3, -0.25) is 4.79 Å². The van der Waals surface area contributed by atoms with E-state index in [0.29, 0.717) is 5.75 Å². The smallest absolute Gasteiger partial charge is 0.230 e. The molecule has 140 valence electrons. The average molecular weight is 374 g/mol. The van der Waals surface area contributed by atoms with Crippen molar-refractivity contribution in [3.05, 3.63) is 58.7 Å². The van der Waals surface area contributed by atoms with Gasteiger partial charge >= 0.3 is 0 Å². The van der Waals surface area contributed by atoms with Gasteiger partial charge in [0, 0.05) is 11.3 Å². The number of methoxy groups -OCH3 is 2. The quantitative estimate of drug-likeness (QED) is 0.743. The lowest BCUT2D eigenvalue weighted by molar-refractivity contribution is -0.119. The number of hydrogen-bond acceptors (Lipinski definition) is 4. The van der Waals surface area contributed by atoms with Crippen molar-refractivity contribution in [1.29, 1.82) is 0 Å². The second kappa shape index (κ2) is 9.53. The highest BCUT2D eigenvalue weighted by Crippen LogP contribution is 2.29. The topological polar surface area (TPSA) is 47.6 Å². The molecule has 0 aliphatic carbocycles. The number of amides is 1. The van der Waals surface area contributed by atoms with E-state index in [9.17, 15) is 4.79 Å². The third kappa shape index (κ3) is 5.70. The van der Waals surface area contributed by atoms with Gasteiger partial charge < -0.3 is 14.8 Å². The predicted octanol–water partition coefficient (Wildman–Crippen LogP) is 4.43. The Kier molecular flexibility index (Phi) is 7.39. The fourth-order valence-corrected chi connectivity index (χ4v) is 3.73. The van der Waals surface area contributed by atoms with Crippen LogP contribution >= 0.6 is 11.8 Å². The summed E-state index contributed by atoms with van der Waals surface area (Å²) in [7, 11) is 3.25. The van der Waals surface area contributed by atoms with Crippen molar-refractivity contribution in [1.82, 2.24) is 5.32 Å². The lowest BCUT2D eigenvalue weighted by Crippen LogP contribution is -2.28. The van der Waals surface area contributed by atoms with E-state index in [-0.39, 0.29) is 11.9 Å². The molecule has 0 saturated heterocycles. The highest BCUT2D eigenvalue weighted by Gasteiger charge is 2.15. The Hall–Kier alpha value is -2.14. The number of nitrogens with one attached hydrogen (secondary N) is 1. The summed E-state index contributed by atoms with van der Waals surface area (Å²) in [6.45, 7) is 6.14.